The Bertz CT molecular complexity index is 871. The summed E-state index contributed by atoms with van der Waals surface area (Å²) in [5, 5.41) is 29.4. The Labute approximate surface area is 242 Å². The van der Waals surface area contributed by atoms with E-state index in [1.165, 1.54) is 51.4 Å². The zero-order chi connectivity index (χ0) is 28.1. The van der Waals surface area contributed by atoms with Crippen molar-refractivity contribution in [1.82, 2.24) is 15.7 Å². The highest BCUT2D eigenvalue weighted by Crippen LogP contribution is 2.37. The lowest BCUT2D eigenvalue weighted by Crippen LogP contribution is -2.49. The standard InChI is InChI=1S/C33H55N3O4/c1-22-7-9-24(10-8-22)11-12-25-13-15-26(16-14-25)20-36-31(29(21-37)32(40-36)23(2)38)33(39)34-18-17-27-19-35-30-6-4-3-5-28(27)30/h22-32,35,37-38H,3-10,13-21H2,1-2H3,(H,34,39)/t22?,23-,24?,25?,26?,27?,28?,29+,30?,31+,32?/m1/s1. The molecule has 40 heavy (non-hydrogen) atoms. The molecule has 5 fully saturated rings. The number of rotatable bonds is 8. The molecule has 7 nitrogen and oxygen atoms in total. The molecule has 5 aliphatic rings. The smallest absolute Gasteiger partial charge is 0.240 e. The normalized spacial score (nSPS) is 41.1. The molecule has 0 bridgehead atoms. The van der Waals surface area contributed by atoms with Gasteiger partial charge in [-0.3, -0.25) is 9.63 Å². The van der Waals surface area contributed by atoms with Crippen molar-refractivity contribution in [2.75, 3.05) is 26.2 Å². The molecule has 7 atom stereocenters. The molecule has 0 spiro atoms. The van der Waals surface area contributed by atoms with Gasteiger partial charge in [0.2, 0.25) is 5.91 Å². The van der Waals surface area contributed by atoms with Crippen LogP contribution in [0.2, 0.25) is 0 Å². The summed E-state index contributed by atoms with van der Waals surface area (Å²) in [7, 11) is 0. The maximum atomic E-state index is 13.5. The number of amides is 1. The minimum absolute atomic E-state index is 0.0743. The van der Waals surface area contributed by atoms with Crippen LogP contribution in [0.3, 0.4) is 0 Å². The average molecular weight is 558 g/mol. The Morgan fingerprint density at radius 1 is 1.02 bits per heavy atom. The minimum Gasteiger partial charge on any atom is -0.396 e. The van der Waals surface area contributed by atoms with Crippen LogP contribution in [0.25, 0.3) is 0 Å². The molecule has 4 N–H and O–H groups in total. The predicted molar refractivity (Wildman–Crippen MR) is 157 cm³/mol. The fourth-order valence-electron chi connectivity index (χ4n) is 8.44. The fraction of sp³-hybridized carbons (Fsp3) is 0.909. The molecule has 2 heterocycles. The zero-order valence-electron chi connectivity index (χ0n) is 25.0. The highest BCUT2D eigenvalue weighted by molar-refractivity contribution is 5.82. The van der Waals surface area contributed by atoms with Crippen LogP contribution >= 0.6 is 0 Å². The van der Waals surface area contributed by atoms with E-state index in [9.17, 15) is 15.0 Å². The number of carbonyl (C=O) groups excluding carboxylic acids is 1. The molecule has 0 aromatic rings. The molecule has 3 aliphatic carbocycles. The summed E-state index contributed by atoms with van der Waals surface area (Å²) in [6.07, 6.45) is 14.4. The Balaban J connectivity index is 1.12. The summed E-state index contributed by atoms with van der Waals surface area (Å²) in [6.45, 7) is 6.24. The zero-order valence-corrected chi connectivity index (χ0v) is 25.0. The van der Waals surface area contributed by atoms with Crippen molar-refractivity contribution < 1.29 is 19.8 Å². The van der Waals surface area contributed by atoms with E-state index in [1.807, 2.05) is 5.06 Å². The van der Waals surface area contributed by atoms with Crippen LogP contribution in [0.4, 0.5) is 0 Å². The number of nitrogens with zero attached hydrogens (tertiary/aromatic N) is 1. The van der Waals surface area contributed by atoms with Gasteiger partial charge in [-0.25, -0.2) is 0 Å². The lowest BCUT2D eigenvalue weighted by molar-refractivity contribution is -0.193. The first-order chi connectivity index (χ1) is 19.4. The molecule has 0 radical (unpaired) electrons. The molecule has 0 aromatic heterocycles. The molecule has 4 unspecified atom stereocenters. The Kier molecular flexibility index (Phi) is 10.9. The van der Waals surface area contributed by atoms with Crippen molar-refractivity contribution in [3.8, 4) is 11.8 Å². The SMILES string of the molecule is CC1CCC(C#CC2CCC(CN3OC([C@@H](C)O)[C@@H](CO)[C@H]3C(=O)NCCC3CNC4CCCCC34)CC2)CC1. The van der Waals surface area contributed by atoms with Crippen LogP contribution in [-0.4, -0.2) is 71.7 Å². The largest absolute Gasteiger partial charge is 0.396 e. The first kappa shape index (κ1) is 30.3. The van der Waals surface area contributed by atoms with Crippen molar-refractivity contribution in [3.05, 3.63) is 0 Å². The Morgan fingerprint density at radius 2 is 1.70 bits per heavy atom. The Morgan fingerprint density at radius 3 is 2.38 bits per heavy atom. The van der Waals surface area contributed by atoms with Gasteiger partial charge >= 0.3 is 0 Å². The van der Waals surface area contributed by atoms with E-state index in [-0.39, 0.29) is 12.5 Å². The van der Waals surface area contributed by atoms with Crippen molar-refractivity contribution in [2.24, 2.45) is 41.4 Å². The van der Waals surface area contributed by atoms with Gasteiger partial charge in [0, 0.05) is 36.9 Å². The minimum atomic E-state index is -0.751. The molecular formula is C33H55N3O4. The maximum Gasteiger partial charge on any atom is 0.240 e. The van der Waals surface area contributed by atoms with E-state index in [4.69, 9.17) is 4.84 Å². The highest BCUT2D eigenvalue weighted by Gasteiger charge is 2.49. The van der Waals surface area contributed by atoms with Gasteiger partial charge < -0.3 is 20.8 Å². The van der Waals surface area contributed by atoms with Gasteiger partial charge in [-0.1, -0.05) is 31.6 Å². The number of hydrogen-bond acceptors (Lipinski definition) is 6. The van der Waals surface area contributed by atoms with Crippen LogP contribution < -0.4 is 10.6 Å². The summed E-state index contributed by atoms with van der Waals surface area (Å²) >= 11 is 0. The molecule has 5 rings (SSSR count). The van der Waals surface area contributed by atoms with Gasteiger partial charge in [-0.2, -0.15) is 5.06 Å². The van der Waals surface area contributed by atoms with Gasteiger partial charge in [0.15, 0.2) is 0 Å². The summed E-state index contributed by atoms with van der Waals surface area (Å²) in [6, 6.07) is 0.0934. The quantitative estimate of drug-likeness (QED) is 0.339. The van der Waals surface area contributed by atoms with Gasteiger partial charge in [-0.15, -0.1) is 0 Å². The number of hydroxylamine groups is 2. The third-order valence-electron chi connectivity index (χ3n) is 11.0. The summed E-state index contributed by atoms with van der Waals surface area (Å²) in [4.78, 5) is 19.7. The van der Waals surface area contributed by atoms with Crippen molar-refractivity contribution in [1.29, 1.82) is 0 Å². The molecule has 2 aliphatic heterocycles. The lowest BCUT2D eigenvalue weighted by Gasteiger charge is -2.32. The predicted octanol–water partition coefficient (Wildman–Crippen LogP) is 3.88. The average Bonchev–Trinajstić information content (AvgIpc) is 3.55. The van der Waals surface area contributed by atoms with Gasteiger partial charge in [0.25, 0.3) is 0 Å². The first-order valence-corrected chi connectivity index (χ1v) is 16.7. The monoisotopic (exact) mass is 557 g/mol. The summed E-state index contributed by atoms with van der Waals surface area (Å²) < 4.78 is 0. The van der Waals surface area contributed by atoms with Crippen LogP contribution in [0.5, 0.6) is 0 Å². The number of carbonyl (C=O) groups is 1. The maximum absolute atomic E-state index is 13.5. The van der Waals surface area contributed by atoms with E-state index >= 15 is 0 Å². The van der Waals surface area contributed by atoms with E-state index in [2.05, 4.69) is 29.4 Å². The molecule has 2 saturated heterocycles. The van der Waals surface area contributed by atoms with Crippen molar-refractivity contribution in [2.45, 2.75) is 122 Å². The fourth-order valence-corrected chi connectivity index (χ4v) is 8.44. The van der Waals surface area contributed by atoms with Crippen LogP contribution in [-0.2, 0) is 9.63 Å². The number of nitrogens with one attached hydrogen (secondary N) is 2. The Hall–Kier alpha value is -1.17. The van der Waals surface area contributed by atoms with Gasteiger partial charge in [0.1, 0.15) is 12.1 Å². The number of aliphatic hydroxyl groups is 2. The second-order valence-corrected chi connectivity index (χ2v) is 14.0. The molecular weight excluding hydrogens is 502 g/mol. The summed E-state index contributed by atoms with van der Waals surface area (Å²) in [5.41, 5.74) is 0. The summed E-state index contributed by atoms with van der Waals surface area (Å²) in [5.74, 6) is 10.5. The molecule has 226 valence electrons. The lowest BCUT2D eigenvalue weighted by atomic mass is 9.79. The third kappa shape index (κ3) is 7.42. The second-order valence-electron chi connectivity index (χ2n) is 14.0. The van der Waals surface area contributed by atoms with Crippen LogP contribution in [0.15, 0.2) is 0 Å². The molecule has 7 heteroatoms. The number of aliphatic hydroxyl groups excluding tert-OH is 2. The van der Waals surface area contributed by atoms with E-state index in [0.29, 0.717) is 42.8 Å². The van der Waals surface area contributed by atoms with Crippen molar-refractivity contribution >= 4 is 5.91 Å². The first-order valence-electron chi connectivity index (χ1n) is 16.7. The molecule has 0 aromatic carbocycles. The number of hydrogen-bond donors (Lipinski definition) is 4. The highest BCUT2D eigenvalue weighted by atomic mass is 16.7. The topological polar surface area (TPSA) is 94.1 Å². The van der Waals surface area contributed by atoms with E-state index < -0.39 is 24.2 Å². The van der Waals surface area contributed by atoms with E-state index in [0.717, 1.165) is 50.5 Å². The van der Waals surface area contributed by atoms with Gasteiger partial charge in [-0.05, 0) is 108 Å². The molecule has 1 amide bonds. The second kappa shape index (κ2) is 14.3. The molecule has 3 saturated carbocycles. The van der Waals surface area contributed by atoms with Crippen molar-refractivity contribution in [3.63, 3.8) is 0 Å². The van der Waals surface area contributed by atoms with Crippen LogP contribution in [0.1, 0.15) is 97.3 Å². The van der Waals surface area contributed by atoms with Crippen LogP contribution in [0, 0.1) is 53.3 Å². The number of fused-ring (bicyclic) bond motifs is 1. The third-order valence-corrected chi connectivity index (χ3v) is 11.0. The van der Waals surface area contributed by atoms with E-state index in [1.54, 1.807) is 6.92 Å². The van der Waals surface area contributed by atoms with Gasteiger partial charge in [0.05, 0.1) is 12.7 Å².